The van der Waals surface area contributed by atoms with Gasteiger partial charge in [-0.3, -0.25) is 9.59 Å². The molecule has 1 aromatic heterocycles. The average molecular weight is 293 g/mol. The number of aryl methyl sites for hydroxylation is 2. The van der Waals surface area contributed by atoms with E-state index < -0.39 is 11.6 Å². The van der Waals surface area contributed by atoms with Crippen LogP contribution in [-0.4, -0.2) is 33.3 Å². The van der Waals surface area contributed by atoms with E-state index in [1.54, 1.807) is 11.8 Å². The first-order valence-electron chi connectivity index (χ1n) is 7.38. The Bertz CT molecular complexity index is 547. The predicted molar refractivity (Wildman–Crippen MR) is 77.4 cm³/mol. The van der Waals surface area contributed by atoms with Crippen LogP contribution < -0.4 is 5.32 Å². The van der Waals surface area contributed by atoms with Crippen LogP contribution in [0.2, 0.25) is 0 Å². The largest absolute Gasteiger partial charge is 0.444 e. The van der Waals surface area contributed by atoms with Gasteiger partial charge in [0.1, 0.15) is 17.3 Å². The first-order chi connectivity index (χ1) is 9.82. The van der Waals surface area contributed by atoms with Crippen molar-refractivity contribution >= 4 is 11.8 Å². The van der Waals surface area contributed by atoms with Crippen LogP contribution in [0.3, 0.4) is 0 Å². The molecule has 1 N–H and O–H groups in total. The molecule has 1 fully saturated rings. The summed E-state index contributed by atoms with van der Waals surface area (Å²) in [6, 6.07) is -0.468. The maximum absolute atomic E-state index is 12.7. The molecule has 2 rings (SSSR count). The summed E-state index contributed by atoms with van der Waals surface area (Å²) in [6.07, 6.45) is 1.12. The zero-order chi connectivity index (χ0) is 15.8. The summed E-state index contributed by atoms with van der Waals surface area (Å²) >= 11 is 0. The lowest BCUT2D eigenvalue weighted by molar-refractivity contribution is -0.155. The second-order valence-corrected chi connectivity index (χ2v) is 5.78. The maximum atomic E-state index is 12.7. The van der Waals surface area contributed by atoms with Gasteiger partial charge in [0, 0.05) is 0 Å². The molecular formula is C15H23N3O3. The van der Waals surface area contributed by atoms with Crippen molar-refractivity contribution in [2.45, 2.75) is 65.6 Å². The van der Waals surface area contributed by atoms with Crippen molar-refractivity contribution in [2.75, 3.05) is 0 Å². The highest BCUT2D eigenvalue weighted by atomic mass is 16.4. The van der Waals surface area contributed by atoms with E-state index in [1.807, 2.05) is 27.7 Å². The van der Waals surface area contributed by atoms with Gasteiger partial charge >= 0.3 is 0 Å². The Morgan fingerprint density at radius 3 is 2.48 bits per heavy atom. The molecule has 2 atom stereocenters. The second-order valence-electron chi connectivity index (χ2n) is 5.78. The number of oxazole rings is 1. The second kappa shape index (κ2) is 5.50. The van der Waals surface area contributed by atoms with Gasteiger partial charge in [0.25, 0.3) is 0 Å². The number of rotatable bonds is 4. The Hall–Kier alpha value is -1.85. The van der Waals surface area contributed by atoms with Gasteiger partial charge in [-0.2, -0.15) is 0 Å². The molecule has 2 amide bonds. The normalized spacial score (nSPS) is 26.1. The lowest BCUT2D eigenvalue weighted by Crippen LogP contribution is -2.68. The summed E-state index contributed by atoms with van der Waals surface area (Å²) in [5.74, 6) is 1.03. The van der Waals surface area contributed by atoms with Crippen LogP contribution >= 0.6 is 0 Å². The zero-order valence-corrected chi connectivity index (χ0v) is 13.3. The molecule has 1 aromatic rings. The summed E-state index contributed by atoms with van der Waals surface area (Å²) in [6.45, 7) is 9.48. The minimum Gasteiger partial charge on any atom is -0.444 e. The third kappa shape index (κ3) is 2.66. The summed E-state index contributed by atoms with van der Waals surface area (Å²) in [4.78, 5) is 30.9. The molecule has 1 aliphatic heterocycles. The van der Waals surface area contributed by atoms with Gasteiger partial charge in [-0.25, -0.2) is 4.98 Å². The van der Waals surface area contributed by atoms with E-state index in [9.17, 15) is 9.59 Å². The Kier molecular flexibility index (Phi) is 4.07. The highest BCUT2D eigenvalue weighted by Gasteiger charge is 2.46. The quantitative estimate of drug-likeness (QED) is 0.916. The van der Waals surface area contributed by atoms with E-state index in [0.717, 1.165) is 11.5 Å². The average Bonchev–Trinajstić information content (AvgIpc) is 2.75. The first-order valence-corrected chi connectivity index (χ1v) is 7.38. The van der Waals surface area contributed by atoms with Crippen LogP contribution in [0, 0.1) is 13.8 Å². The van der Waals surface area contributed by atoms with Crippen molar-refractivity contribution in [3.05, 3.63) is 17.3 Å². The fourth-order valence-electron chi connectivity index (χ4n) is 2.59. The highest BCUT2D eigenvalue weighted by molar-refractivity contribution is 5.99. The van der Waals surface area contributed by atoms with Crippen LogP contribution in [0.4, 0.5) is 0 Å². The van der Waals surface area contributed by atoms with Gasteiger partial charge in [-0.15, -0.1) is 0 Å². The third-order valence-corrected chi connectivity index (χ3v) is 4.28. The Balaban J connectivity index is 2.31. The van der Waals surface area contributed by atoms with Crippen LogP contribution in [0.25, 0.3) is 0 Å². The van der Waals surface area contributed by atoms with Crippen molar-refractivity contribution in [1.82, 2.24) is 15.2 Å². The summed E-state index contributed by atoms with van der Waals surface area (Å²) < 4.78 is 5.56. The molecule has 0 aliphatic carbocycles. The van der Waals surface area contributed by atoms with Gasteiger partial charge < -0.3 is 14.6 Å². The Morgan fingerprint density at radius 2 is 2.00 bits per heavy atom. The zero-order valence-electron chi connectivity index (χ0n) is 13.3. The predicted octanol–water partition coefficient (Wildman–Crippen LogP) is 1.70. The molecule has 0 bridgehead atoms. The highest BCUT2D eigenvalue weighted by Crippen LogP contribution is 2.25. The molecule has 116 valence electrons. The first kappa shape index (κ1) is 15.5. The van der Waals surface area contributed by atoms with Gasteiger partial charge in [0.15, 0.2) is 0 Å². The summed E-state index contributed by atoms with van der Waals surface area (Å²) in [7, 11) is 0. The molecule has 21 heavy (non-hydrogen) atoms. The molecule has 0 spiro atoms. The molecule has 2 heterocycles. The van der Waals surface area contributed by atoms with E-state index >= 15 is 0 Å². The number of hydrogen-bond acceptors (Lipinski definition) is 4. The number of carbonyl (C=O) groups excluding carboxylic acids is 2. The topological polar surface area (TPSA) is 75.4 Å². The monoisotopic (exact) mass is 293 g/mol. The fourth-order valence-corrected chi connectivity index (χ4v) is 2.59. The van der Waals surface area contributed by atoms with Crippen molar-refractivity contribution in [2.24, 2.45) is 0 Å². The number of hydrogen-bond donors (Lipinski definition) is 1. The van der Waals surface area contributed by atoms with E-state index in [1.165, 1.54) is 0 Å². The molecule has 6 nitrogen and oxygen atoms in total. The SMILES string of the molecule is CCC1C(=O)NC(C)(CC)C(=O)N1Cc1nc(C)c(C)o1. The molecule has 1 saturated heterocycles. The third-order valence-electron chi connectivity index (χ3n) is 4.28. The molecule has 0 aromatic carbocycles. The lowest BCUT2D eigenvalue weighted by Gasteiger charge is -2.43. The molecular weight excluding hydrogens is 270 g/mol. The number of piperazine rings is 1. The van der Waals surface area contributed by atoms with E-state index in [-0.39, 0.29) is 18.4 Å². The van der Waals surface area contributed by atoms with Crippen molar-refractivity contribution in [1.29, 1.82) is 0 Å². The Morgan fingerprint density at radius 1 is 1.33 bits per heavy atom. The summed E-state index contributed by atoms with van der Waals surface area (Å²) in [5.41, 5.74) is -0.0374. The van der Waals surface area contributed by atoms with Crippen LogP contribution in [-0.2, 0) is 16.1 Å². The minimum absolute atomic E-state index is 0.0787. The van der Waals surface area contributed by atoms with Gasteiger partial charge in [-0.05, 0) is 33.6 Å². The van der Waals surface area contributed by atoms with Gasteiger partial charge in [0.2, 0.25) is 17.7 Å². The smallest absolute Gasteiger partial charge is 0.249 e. The fraction of sp³-hybridized carbons (Fsp3) is 0.667. The minimum atomic E-state index is -0.848. The van der Waals surface area contributed by atoms with E-state index in [4.69, 9.17) is 4.42 Å². The van der Waals surface area contributed by atoms with Gasteiger partial charge in [-0.1, -0.05) is 13.8 Å². The summed E-state index contributed by atoms with van der Waals surface area (Å²) in [5, 5.41) is 2.84. The van der Waals surface area contributed by atoms with E-state index in [0.29, 0.717) is 18.7 Å². The van der Waals surface area contributed by atoms with Crippen molar-refractivity contribution in [3.63, 3.8) is 0 Å². The number of aromatic nitrogens is 1. The van der Waals surface area contributed by atoms with Crippen LogP contribution in [0.15, 0.2) is 4.42 Å². The van der Waals surface area contributed by atoms with Crippen molar-refractivity contribution in [3.8, 4) is 0 Å². The molecule has 0 radical (unpaired) electrons. The van der Waals surface area contributed by atoms with Gasteiger partial charge in [0.05, 0.1) is 12.2 Å². The molecule has 0 saturated carbocycles. The Labute approximate surface area is 124 Å². The van der Waals surface area contributed by atoms with Crippen LogP contribution in [0.5, 0.6) is 0 Å². The molecule has 1 aliphatic rings. The standard InChI is InChI=1S/C15H23N3O3/c1-6-11-13(19)17-15(5,7-2)14(20)18(11)8-12-16-9(3)10(4)21-12/h11H,6-8H2,1-5H3,(H,17,19). The number of amides is 2. The number of carbonyl (C=O) groups is 2. The number of nitrogens with zero attached hydrogens (tertiary/aromatic N) is 2. The lowest BCUT2D eigenvalue weighted by atomic mass is 9.91. The number of nitrogens with one attached hydrogen (secondary N) is 1. The maximum Gasteiger partial charge on any atom is 0.249 e. The molecule has 2 unspecified atom stereocenters. The van der Waals surface area contributed by atoms with Crippen molar-refractivity contribution < 1.29 is 14.0 Å². The molecule has 6 heteroatoms. The van der Waals surface area contributed by atoms with E-state index in [2.05, 4.69) is 10.3 Å². The van der Waals surface area contributed by atoms with Crippen LogP contribution in [0.1, 0.15) is 51.0 Å².